The summed E-state index contributed by atoms with van der Waals surface area (Å²) in [6, 6.07) is -0.503. The van der Waals surface area contributed by atoms with Crippen LogP contribution in [0.3, 0.4) is 0 Å². The molecular weight excluding hydrogens is 158 g/mol. The fraction of sp³-hybridized carbons (Fsp3) is 0.625. The lowest BCUT2D eigenvalue weighted by atomic mass is 10.2. The van der Waals surface area contributed by atoms with Crippen molar-refractivity contribution in [3.05, 3.63) is 12.7 Å². The minimum absolute atomic E-state index is 0.281. The number of rotatable bonds is 3. The van der Waals surface area contributed by atoms with Crippen LogP contribution in [0.25, 0.3) is 0 Å². The molecule has 0 aliphatic carbocycles. The molecule has 0 radical (unpaired) electrons. The zero-order chi connectivity index (χ0) is 8.97. The van der Waals surface area contributed by atoms with Crippen molar-refractivity contribution in [2.45, 2.75) is 6.04 Å². The van der Waals surface area contributed by atoms with Crippen LogP contribution in [0.4, 0.5) is 0 Å². The van der Waals surface area contributed by atoms with Crippen molar-refractivity contribution >= 4 is 5.97 Å². The Balaban J connectivity index is 2.53. The maximum absolute atomic E-state index is 10.7. The average molecular weight is 171 g/mol. The van der Waals surface area contributed by atoms with Crippen LogP contribution in [-0.2, 0) is 9.53 Å². The molecule has 0 aromatic heterocycles. The van der Waals surface area contributed by atoms with Gasteiger partial charge in [-0.2, -0.15) is 0 Å². The molecule has 0 amide bonds. The number of carboxylic acids is 1. The van der Waals surface area contributed by atoms with Gasteiger partial charge in [-0.3, -0.25) is 9.69 Å². The van der Waals surface area contributed by atoms with Crippen molar-refractivity contribution in [3.8, 4) is 0 Å². The van der Waals surface area contributed by atoms with Crippen LogP contribution in [0.5, 0.6) is 0 Å². The fourth-order valence-electron chi connectivity index (χ4n) is 1.25. The third-order valence-corrected chi connectivity index (χ3v) is 1.89. The van der Waals surface area contributed by atoms with Gasteiger partial charge < -0.3 is 9.84 Å². The summed E-state index contributed by atoms with van der Waals surface area (Å²) in [6.45, 7) is 5.74. The molecule has 1 atom stereocenters. The second kappa shape index (κ2) is 4.23. The van der Waals surface area contributed by atoms with E-state index in [-0.39, 0.29) is 6.61 Å². The monoisotopic (exact) mass is 171 g/mol. The van der Waals surface area contributed by atoms with E-state index in [0.717, 1.165) is 0 Å². The molecule has 1 aliphatic heterocycles. The van der Waals surface area contributed by atoms with Gasteiger partial charge in [0, 0.05) is 13.1 Å². The summed E-state index contributed by atoms with van der Waals surface area (Å²) in [7, 11) is 0. The highest BCUT2D eigenvalue weighted by molar-refractivity contribution is 5.73. The maximum Gasteiger partial charge on any atom is 0.323 e. The van der Waals surface area contributed by atoms with Gasteiger partial charge in [-0.05, 0) is 0 Å². The Hall–Kier alpha value is -0.870. The summed E-state index contributed by atoms with van der Waals surface area (Å²) in [5, 5.41) is 8.78. The molecule has 0 spiro atoms. The number of carbonyl (C=O) groups is 1. The van der Waals surface area contributed by atoms with E-state index in [9.17, 15) is 4.79 Å². The van der Waals surface area contributed by atoms with E-state index in [4.69, 9.17) is 9.84 Å². The van der Waals surface area contributed by atoms with E-state index in [1.54, 1.807) is 6.08 Å². The van der Waals surface area contributed by atoms with Gasteiger partial charge in [0.1, 0.15) is 6.04 Å². The van der Waals surface area contributed by atoms with Gasteiger partial charge in [-0.25, -0.2) is 0 Å². The lowest BCUT2D eigenvalue weighted by Gasteiger charge is -2.31. The van der Waals surface area contributed by atoms with E-state index in [2.05, 4.69) is 6.58 Å². The topological polar surface area (TPSA) is 49.8 Å². The molecule has 12 heavy (non-hydrogen) atoms. The molecule has 0 saturated carbocycles. The number of hydrogen-bond donors (Lipinski definition) is 1. The molecule has 1 heterocycles. The Labute approximate surface area is 71.4 Å². The Morgan fingerprint density at radius 2 is 2.58 bits per heavy atom. The van der Waals surface area contributed by atoms with Crippen LogP contribution in [-0.4, -0.2) is 48.3 Å². The fourth-order valence-corrected chi connectivity index (χ4v) is 1.25. The van der Waals surface area contributed by atoms with Crippen molar-refractivity contribution in [2.24, 2.45) is 0 Å². The molecular formula is C8H13NO3. The average Bonchev–Trinajstić information content (AvgIpc) is 2.05. The summed E-state index contributed by atoms with van der Waals surface area (Å²) in [5.74, 6) is -0.823. The number of nitrogens with zero attached hydrogens (tertiary/aromatic N) is 1. The predicted molar refractivity (Wildman–Crippen MR) is 44.0 cm³/mol. The normalized spacial score (nSPS) is 25.2. The summed E-state index contributed by atoms with van der Waals surface area (Å²) < 4.78 is 5.06. The Morgan fingerprint density at radius 1 is 1.83 bits per heavy atom. The van der Waals surface area contributed by atoms with Crippen LogP contribution < -0.4 is 0 Å². The van der Waals surface area contributed by atoms with Crippen molar-refractivity contribution in [1.29, 1.82) is 0 Å². The highest BCUT2D eigenvalue weighted by Gasteiger charge is 2.27. The molecule has 1 fully saturated rings. The van der Waals surface area contributed by atoms with Gasteiger partial charge >= 0.3 is 5.97 Å². The van der Waals surface area contributed by atoms with Gasteiger partial charge in [0.25, 0.3) is 0 Å². The summed E-state index contributed by atoms with van der Waals surface area (Å²) >= 11 is 0. The van der Waals surface area contributed by atoms with Crippen molar-refractivity contribution < 1.29 is 14.6 Å². The highest BCUT2D eigenvalue weighted by Crippen LogP contribution is 2.06. The van der Waals surface area contributed by atoms with Crippen LogP contribution >= 0.6 is 0 Å². The molecule has 1 N–H and O–H groups in total. The smallest absolute Gasteiger partial charge is 0.323 e. The maximum atomic E-state index is 10.7. The van der Waals surface area contributed by atoms with Crippen molar-refractivity contribution in [3.63, 3.8) is 0 Å². The minimum Gasteiger partial charge on any atom is -0.480 e. The zero-order valence-corrected chi connectivity index (χ0v) is 6.90. The first-order valence-corrected chi connectivity index (χ1v) is 3.91. The molecule has 1 aliphatic rings. The van der Waals surface area contributed by atoms with Crippen LogP contribution in [0.2, 0.25) is 0 Å². The van der Waals surface area contributed by atoms with E-state index < -0.39 is 12.0 Å². The van der Waals surface area contributed by atoms with Crippen LogP contribution in [0, 0.1) is 0 Å². The number of ether oxygens (including phenoxy) is 1. The molecule has 4 nitrogen and oxygen atoms in total. The van der Waals surface area contributed by atoms with Gasteiger partial charge in [0.05, 0.1) is 13.2 Å². The molecule has 1 rings (SSSR count). The summed E-state index contributed by atoms with van der Waals surface area (Å²) in [5.41, 5.74) is 0. The van der Waals surface area contributed by atoms with E-state index in [1.165, 1.54) is 0 Å². The molecule has 0 aromatic rings. The summed E-state index contributed by atoms with van der Waals surface area (Å²) in [4.78, 5) is 12.5. The highest BCUT2D eigenvalue weighted by atomic mass is 16.5. The minimum atomic E-state index is -0.823. The van der Waals surface area contributed by atoms with Crippen LogP contribution in [0.1, 0.15) is 0 Å². The molecule has 68 valence electrons. The summed E-state index contributed by atoms with van der Waals surface area (Å²) in [6.07, 6.45) is 1.71. The first-order chi connectivity index (χ1) is 5.75. The van der Waals surface area contributed by atoms with E-state index >= 15 is 0 Å². The number of morpholine rings is 1. The Bertz CT molecular complexity index is 181. The van der Waals surface area contributed by atoms with Gasteiger partial charge in [-0.1, -0.05) is 6.08 Å². The molecule has 4 heteroatoms. The lowest BCUT2D eigenvalue weighted by Crippen LogP contribution is -2.49. The molecule has 1 saturated heterocycles. The van der Waals surface area contributed by atoms with Crippen LogP contribution in [0.15, 0.2) is 12.7 Å². The second-order valence-corrected chi connectivity index (χ2v) is 2.71. The molecule has 0 aromatic carbocycles. The molecule has 0 bridgehead atoms. The zero-order valence-electron chi connectivity index (χ0n) is 6.90. The Kier molecular flexibility index (Phi) is 3.25. The van der Waals surface area contributed by atoms with E-state index in [0.29, 0.717) is 19.7 Å². The Morgan fingerprint density at radius 3 is 3.17 bits per heavy atom. The quantitative estimate of drug-likeness (QED) is 0.605. The number of carboxylic acid groups (broad SMARTS) is 1. The number of hydrogen-bond acceptors (Lipinski definition) is 3. The predicted octanol–water partition coefficient (Wildman–Crippen LogP) is -0.0422. The largest absolute Gasteiger partial charge is 0.480 e. The second-order valence-electron chi connectivity index (χ2n) is 2.71. The van der Waals surface area contributed by atoms with Crippen molar-refractivity contribution in [1.82, 2.24) is 4.90 Å². The third-order valence-electron chi connectivity index (χ3n) is 1.89. The first kappa shape index (κ1) is 9.22. The van der Waals surface area contributed by atoms with Crippen molar-refractivity contribution in [2.75, 3.05) is 26.3 Å². The van der Waals surface area contributed by atoms with Gasteiger partial charge in [0.2, 0.25) is 0 Å². The first-order valence-electron chi connectivity index (χ1n) is 3.91. The third kappa shape index (κ3) is 2.06. The van der Waals surface area contributed by atoms with E-state index in [1.807, 2.05) is 4.90 Å². The lowest BCUT2D eigenvalue weighted by molar-refractivity contribution is -0.149. The van der Waals surface area contributed by atoms with Gasteiger partial charge in [-0.15, -0.1) is 6.58 Å². The number of aliphatic carboxylic acids is 1. The SMILES string of the molecule is C=CCN1CCOCC1C(=O)O. The molecule has 1 unspecified atom stereocenters. The van der Waals surface area contributed by atoms with Gasteiger partial charge in [0.15, 0.2) is 0 Å². The standard InChI is InChI=1S/C8H13NO3/c1-2-3-9-4-5-12-6-7(9)8(10)11/h2,7H,1,3-6H2,(H,10,11).